The number of nitrogens with one attached hydrogen (secondary N) is 1. The van der Waals surface area contributed by atoms with E-state index in [2.05, 4.69) is 10.1 Å². The maximum absolute atomic E-state index is 5.35. The number of nitrogens with zero attached hydrogens (tertiary/aromatic N) is 2. The van der Waals surface area contributed by atoms with Crippen molar-refractivity contribution < 1.29 is 14.0 Å². The van der Waals surface area contributed by atoms with Gasteiger partial charge in [0.1, 0.15) is 0 Å². The molecule has 1 aromatic carbocycles. The molecule has 2 aromatic heterocycles. The van der Waals surface area contributed by atoms with Crippen molar-refractivity contribution in [3.63, 3.8) is 0 Å². The second kappa shape index (κ2) is 5.01. The Labute approximate surface area is 119 Å². The third-order valence-electron chi connectivity index (χ3n) is 3.08. The van der Waals surface area contributed by atoms with Crippen molar-refractivity contribution in [2.75, 3.05) is 14.2 Å². The van der Waals surface area contributed by atoms with Crippen LogP contribution in [0.3, 0.4) is 0 Å². The number of fused-ring (bicyclic) bond motifs is 1. The number of imidazole rings is 1. The van der Waals surface area contributed by atoms with Gasteiger partial charge >= 0.3 is 0 Å². The van der Waals surface area contributed by atoms with E-state index in [0.717, 1.165) is 16.8 Å². The summed E-state index contributed by atoms with van der Waals surface area (Å²) in [5.41, 5.74) is 1.80. The minimum Gasteiger partial charge on any atom is -0.493 e. The Morgan fingerprint density at radius 2 is 2.05 bits per heavy atom. The van der Waals surface area contributed by atoms with Crippen molar-refractivity contribution in [1.29, 1.82) is 0 Å². The maximum Gasteiger partial charge on any atom is 0.178 e. The van der Waals surface area contributed by atoms with Crippen LogP contribution in [-0.2, 0) is 6.54 Å². The highest BCUT2D eigenvalue weighted by molar-refractivity contribution is 7.71. The fraction of sp³-hybridized carbons (Fsp3) is 0.231. The van der Waals surface area contributed by atoms with E-state index in [1.54, 1.807) is 26.5 Å². The summed E-state index contributed by atoms with van der Waals surface area (Å²) in [5.74, 6) is 2.04. The van der Waals surface area contributed by atoms with Crippen LogP contribution >= 0.6 is 12.2 Å². The molecule has 0 amide bonds. The summed E-state index contributed by atoms with van der Waals surface area (Å²) in [7, 11) is 3.20. The standard InChI is InChI=1S/C13H13N3O3S/c1-17-11-5-9-10(6-12(11)18-2)16(13(20)15-9)7-8-3-4-14-19-8/h3-6H,7H2,1-2H3,(H,15,20). The Balaban J connectivity index is 2.16. The summed E-state index contributed by atoms with van der Waals surface area (Å²) >= 11 is 5.35. The van der Waals surface area contributed by atoms with Crippen molar-refractivity contribution in [3.8, 4) is 11.5 Å². The van der Waals surface area contributed by atoms with Crippen molar-refractivity contribution in [1.82, 2.24) is 14.7 Å². The maximum atomic E-state index is 5.35. The molecule has 0 saturated heterocycles. The minimum atomic E-state index is 0.508. The van der Waals surface area contributed by atoms with Gasteiger partial charge in [0.2, 0.25) is 0 Å². The Kier molecular flexibility index (Phi) is 3.19. The van der Waals surface area contributed by atoms with Crippen molar-refractivity contribution in [2.24, 2.45) is 0 Å². The quantitative estimate of drug-likeness (QED) is 0.749. The Morgan fingerprint density at radius 3 is 2.70 bits per heavy atom. The lowest BCUT2D eigenvalue weighted by Crippen LogP contribution is -1.99. The zero-order chi connectivity index (χ0) is 14.1. The van der Waals surface area contributed by atoms with Crippen LogP contribution in [0, 0.1) is 4.77 Å². The molecule has 0 fully saturated rings. The first kappa shape index (κ1) is 12.7. The smallest absolute Gasteiger partial charge is 0.178 e. The molecule has 0 radical (unpaired) electrons. The SMILES string of the molecule is COc1cc2[nH]c(=S)n(Cc3ccno3)c2cc1OC. The van der Waals surface area contributed by atoms with Crippen molar-refractivity contribution in [3.05, 3.63) is 34.9 Å². The molecule has 3 rings (SSSR count). The Hall–Kier alpha value is -2.28. The van der Waals surface area contributed by atoms with Gasteiger partial charge in [-0.2, -0.15) is 0 Å². The van der Waals surface area contributed by atoms with E-state index in [1.807, 2.05) is 16.7 Å². The minimum absolute atomic E-state index is 0.508. The zero-order valence-corrected chi connectivity index (χ0v) is 11.9. The summed E-state index contributed by atoms with van der Waals surface area (Å²) in [6.07, 6.45) is 1.61. The summed E-state index contributed by atoms with van der Waals surface area (Å²) in [5, 5.41) is 3.70. The van der Waals surface area contributed by atoms with Crippen LogP contribution in [0.1, 0.15) is 5.76 Å². The van der Waals surface area contributed by atoms with E-state index in [9.17, 15) is 0 Å². The topological polar surface area (TPSA) is 65.2 Å². The third-order valence-corrected chi connectivity index (χ3v) is 3.41. The molecule has 7 heteroatoms. The van der Waals surface area contributed by atoms with Crippen LogP contribution in [-0.4, -0.2) is 28.9 Å². The molecule has 0 aliphatic carbocycles. The van der Waals surface area contributed by atoms with E-state index in [4.69, 9.17) is 26.2 Å². The molecule has 104 valence electrons. The lowest BCUT2D eigenvalue weighted by Gasteiger charge is -2.08. The molecular weight excluding hydrogens is 278 g/mol. The van der Waals surface area contributed by atoms with Crippen LogP contribution in [0.25, 0.3) is 11.0 Å². The van der Waals surface area contributed by atoms with Gasteiger partial charge in [0.15, 0.2) is 22.0 Å². The molecule has 2 heterocycles. The van der Waals surface area contributed by atoms with Gasteiger partial charge in [-0.3, -0.25) is 0 Å². The summed E-state index contributed by atoms with van der Waals surface area (Å²) in [6, 6.07) is 5.55. The molecule has 6 nitrogen and oxygen atoms in total. The van der Waals surface area contributed by atoms with E-state index in [0.29, 0.717) is 22.8 Å². The van der Waals surface area contributed by atoms with Gasteiger partial charge in [0.25, 0.3) is 0 Å². The molecule has 1 N–H and O–H groups in total. The highest BCUT2D eigenvalue weighted by Gasteiger charge is 2.12. The first-order valence-electron chi connectivity index (χ1n) is 5.97. The molecule has 0 unspecified atom stereocenters. The average molecular weight is 291 g/mol. The molecule has 0 bridgehead atoms. The molecule has 0 aliphatic heterocycles. The molecule has 0 spiro atoms. The van der Waals surface area contributed by atoms with E-state index >= 15 is 0 Å². The van der Waals surface area contributed by atoms with E-state index in [1.165, 1.54) is 0 Å². The molecule has 0 saturated carbocycles. The molecule has 0 aliphatic rings. The number of benzene rings is 1. The van der Waals surface area contributed by atoms with E-state index in [-0.39, 0.29) is 0 Å². The van der Waals surface area contributed by atoms with Gasteiger partial charge in [-0.25, -0.2) is 0 Å². The van der Waals surface area contributed by atoms with Gasteiger partial charge < -0.3 is 23.5 Å². The normalized spacial score (nSPS) is 10.9. The third kappa shape index (κ3) is 2.05. The first-order chi connectivity index (χ1) is 9.72. The second-order valence-corrected chi connectivity index (χ2v) is 4.61. The molecular formula is C13H13N3O3S. The van der Waals surface area contributed by atoms with Gasteiger partial charge in [-0.1, -0.05) is 5.16 Å². The van der Waals surface area contributed by atoms with Crippen LogP contribution in [0.15, 0.2) is 28.9 Å². The Bertz CT molecular complexity index is 789. The number of hydrogen-bond acceptors (Lipinski definition) is 5. The number of methoxy groups -OCH3 is 2. The van der Waals surface area contributed by atoms with Crippen LogP contribution < -0.4 is 9.47 Å². The predicted octanol–water partition coefficient (Wildman–Crippen LogP) is 2.75. The zero-order valence-electron chi connectivity index (χ0n) is 11.0. The summed E-state index contributed by atoms with van der Waals surface area (Å²) in [4.78, 5) is 3.15. The lowest BCUT2D eigenvalue weighted by atomic mass is 10.2. The number of hydrogen-bond donors (Lipinski definition) is 1. The number of aromatic nitrogens is 3. The largest absolute Gasteiger partial charge is 0.493 e. The van der Waals surface area contributed by atoms with Gasteiger partial charge in [0.05, 0.1) is 38.0 Å². The number of rotatable bonds is 4. The van der Waals surface area contributed by atoms with Crippen molar-refractivity contribution >= 4 is 23.3 Å². The fourth-order valence-electron chi connectivity index (χ4n) is 2.12. The van der Waals surface area contributed by atoms with Crippen LogP contribution in [0.2, 0.25) is 0 Å². The highest BCUT2D eigenvalue weighted by atomic mass is 32.1. The highest BCUT2D eigenvalue weighted by Crippen LogP contribution is 2.32. The van der Waals surface area contributed by atoms with E-state index < -0.39 is 0 Å². The molecule has 3 aromatic rings. The number of H-pyrrole nitrogens is 1. The summed E-state index contributed by atoms with van der Waals surface area (Å²) < 4.78 is 18.3. The van der Waals surface area contributed by atoms with Crippen molar-refractivity contribution in [2.45, 2.75) is 6.54 Å². The second-order valence-electron chi connectivity index (χ2n) is 4.22. The van der Waals surface area contributed by atoms with Crippen LogP contribution in [0.5, 0.6) is 11.5 Å². The molecule has 0 atom stereocenters. The molecule has 20 heavy (non-hydrogen) atoms. The lowest BCUT2D eigenvalue weighted by molar-refractivity contribution is 0.355. The van der Waals surface area contributed by atoms with Gasteiger partial charge in [0, 0.05) is 18.2 Å². The number of aromatic amines is 1. The summed E-state index contributed by atoms with van der Waals surface area (Å²) in [6.45, 7) is 0.508. The predicted molar refractivity (Wildman–Crippen MR) is 75.8 cm³/mol. The number of ether oxygens (including phenoxy) is 2. The fourth-order valence-corrected chi connectivity index (χ4v) is 2.39. The average Bonchev–Trinajstić information content (AvgIpc) is 3.06. The monoisotopic (exact) mass is 291 g/mol. The van der Waals surface area contributed by atoms with Gasteiger partial charge in [-0.05, 0) is 12.2 Å². The first-order valence-corrected chi connectivity index (χ1v) is 6.38. The Morgan fingerprint density at radius 1 is 1.30 bits per heavy atom. The van der Waals surface area contributed by atoms with Gasteiger partial charge in [-0.15, -0.1) is 0 Å². The van der Waals surface area contributed by atoms with Crippen LogP contribution in [0.4, 0.5) is 0 Å².